The molecule has 3 rings (SSSR count). The fraction of sp³-hybridized carbons (Fsp3) is 0.789. The van der Waals surface area contributed by atoms with E-state index in [1.165, 1.54) is 12.8 Å². The molecule has 1 aromatic heterocycles. The zero-order valence-corrected chi connectivity index (χ0v) is 15.9. The average Bonchev–Trinajstić information content (AvgIpc) is 3.22. The maximum Gasteiger partial charge on any atom is 0.272 e. The van der Waals surface area contributed by atoms with Gasteiger partial charge in [0.25, 0.3) is 5.91 Å². The van der Waals surface area contributed by atoms with Crippen molar-refractivity contribution in [3.63, 3.8) is 0 Å². The maximum absolute atomic E-state index is 13.1. The third-order valence-corrected chi connectivity index (χ3v) is 5.47. The Balaban J connectivity index is 1.73. The Morgan fingerprint density at radius 2 is 2.00 bits per heavy atom. The molecule has 0 bridgehead atoms. The molecular weight excluding hydrogens is 316 g/mol. The lowest BCUT2D eigenvalue weighted by molar-refractivity contribution is -0.0433. The van der Waals surface area contributed by atoms with Crippen LogP contribution in [-0.4, -0.2) is 68.9 Å². The monoisotopic (exact) mass is 348 g/mol. The Hall–Kier alpha value is -1.40. The zero-order chi connectivity index (χ0) is 18.0. The first kappa shape index (κ1) is 18.4. The SMILES string of the molecule is CCn1nc(C(C)C)cc1C(=O)N1CCCC(O)(CN2CCCC2)C1. The van der Waals surface area contributed by atoms with Gasteiger partial charge >= 0.3 is 0 Å². The van der Waals surface area contributed by atoms with Crippen LogP contribution in [0.3, 0.4) is 0 Å². The normalized spacial score (nSPS) is 25.1. The number of aryl methyl sites for hydroxylation is 1. The molecule has 0 aliphatic carbocycles. The van der Waals surface area contributed by atoms with Crippen LogP contribution in [0, 0.1) is 0 Å². The van der Waals surface area contributed by atoms with Gasteiger partial charge < -0.3 is 14.9 Å². The van der Waals surface area contributed by atoms with Gasteiger partial charge in [0.15, 0.2) is 0 Å². The molecule has 1 unspecified atom stereocenters. The van der Waals surface area contributed by atoms with Crippen LogP contribution in [0.15, 0.2) is 6.07 Å². The summed E-state index contributed by atoms with van der Waals surface area (Å²) in [6, 6.07) is 1.92. The van der Waals surface area contributed by atoms with Crippen molar-refractivity contribution in [2.75, 3.05) is 32.7 Å². The summed E-state index contributed by atoms with van der Waals surface area (Å²) in [5.74, 6) is 0.300. The quantitative estimate of drug-likeness (QED) is 0.885. The van der Waals surface area contributed by atoms with Gasteiger partial charge in [-0.15, -0.1) is 0 Å². The van der Waals surface area contributed by atoms with Crippen LogP contribution >= 0.6 is 0 Å². The lowest BCUT2D eigenvalue weighted by Crippen LogP contribution is -2.55. The molecule has 2 aliphatic heterocycles. The summed E-state index contributed by atoms with van der Waals surface area (Å²) in [7, 11) is 0. The first-order valence-corrected chi connectivity index (χ1v) is 9.73. The van der Waals surface area contributed by atoms with Crippen LogP contribution < -0.4 is 0 Å². The molecular formula is C19H32N4O2. The summed E-state index contributed by atoms with van der Waals surface area (Å²) >= 11 is 0. The topological polar surface area (TPSA) is 61.6 Å². The number of likely N-dealkylation sites (tertiary alicyclic amines) is 2. The third kappa shape index (κ3) is 4.06. The highest BCUT2D eigenvalue weighted by atomic mass is 16.3. The van der Waals surface area contributed by atoms with Gasteiger partial charge in [-0.2, -0.15) is 5.10 Å². The van der Waals surface area contributed by atoms with Gasteiger partial charge in [0, 0.05) is 19.6 Å². The van der Waals surface area contributed by atoms with Crippen molar-refractivity contribution in [3.05, 3.63) is 17.5 Å². The van der Waals surface area contributed by atoms with E-state index < -0.39 is 5.60 Å². The molecule has 25 heavy (non-hydrogen) atoms. The molecule has 1 atom stereocenters. The summed E-state index contributed by atoms with van der Waals surface area (Å²) in [5.41, 5.74) is 0.821. The van der Waals surface area contributed by atoms with Gasteiger partial charge in [0.05, 0.1) is 17.8 Å². The second kappa shape index (κ2) is 7.46. The second-order valence-electron chi connectivity index (χ2n) is 7.96. The number of β-amino-alcohol motifs (C(OH)–C–C–N with tert-alkyl or cyclic N) is 1. The maximum atomic E-state index is 13.1. The van der Waals surface area contributed by atoms with Crippen molar-refractivity contribution >= 4 is 5.91 Å². The van der Waals surface area contributed by atoms with Crippen molar-refractivity contribution in [1.29, 1.82) is 0 Å². The minimum Gasteiger partial charge on any atom is -0.387 e. The van der Waals surface area contributed by atoms with Gasteiger partial charge in [-0.05, 0) is 57.7 Å². The molecule has 6 heteroatoms. The van der Waals surface area contributed by atoms with Gasteiger partial charge in [0.2, 0.25) is 0 Å². The van der Waals surface area contributed by atoms with Crippen LogP contribution in [-0.2, 0) is 6.54 Å². The summed E-state index contributed by atoms with van der Waals surface area (Å²) in [5, 5.41) is 15.6. The molecule has 0 aromatic carbocycles. The molecule has 0 spiro atoms. The lowest BCUT2D eigenvalue weighted by Gasteiger charge is -2.41. The number of aliphatic hydroxyl groups is 1. The number of hydrogen-bond donors (Lipinski definition) is 1. The number of carbonyl (C=O) groups excluding carboxylic acids is 1. The average molecular weight is 348 g/mol. The van der Waals surface area contributed by atoms with Crippen molar-refractivity contribution in [2.24, 2.45) is 0 Å². The van der Waals surface area contributed by atoms with E-state index in [2.05, 4.69) is 23.8 Å². The second-order valence-corrected chi connectivity index (χ2v) is 7.96. The number of nitrogens with zero attached hydrogens (tertiary/aromatic N) is 4. The number of piperidine rings is 1. The highest BCUT2D eigenvalue weighted by Crippen LogP contribution is 2.26. The minimum atomic E-state index is -0.782. The van der Waals surface area contributed by atoms with Crippen LogP contribution in [0.25, 0.3) is 0 Å². The number of carbonyl (C=O) groups is 1. The van der Waals surface area contributed by atoms with Gasteiger partial charge in [-0.3, -0.25) is 9.48 Å². The molecule has 1 aromatic rings. The summed E-state index contributed by atoms with van der Waals surface area (Å²) in [6.07, 6.45) is 4.06. The molecule has 2 saturated heterocycles. The first-order chi connectivity index (χ1) is 11.9. The first-order valence-electron chi connectivity index (χ1n) is 9.73. The molecule has 0 radical (unpaired) electrons. The predicted octanol–water partition coefficient (Wildman–Crippen LogP) is 2.09. The van der Waals surface area contributed by atoms with Crippen molar-refractivity contribution in [3.8, 4) is 0 Å². The Labute approximate surface area is 150 Å². The van der Waals surface area contributed by atoms with Gasteiger partial charge in [-0.25, -0.2) is 0 Å². The van der Waals surface area contributed by atoms with E-state index >= 15 is 0 Å². The largest absolute Gasteiger partial charge is 0.387 e. The van der Waals surface area contributed by atoms with E-state index in [1.54, 1.807) is 4.68 Å². The van der Waals surface area contributed by atoms with Crippen LogP contribution in [0.5, 0.6) is 0 Å². The number of hydrogen-bond acceptors (Lipinski definition) is 4. The van der Waals surface area contributed by atoms with Gasteiger partial charge in [0.1, 0.15) is 5.69 Å². The molecule has 3 heterocycles. The summed E-state index contributed by atoms with van der Waals surface area (Å²) < 4.78 is 1.80. The Morgan fingerprint density at radius 3 is 2.64 bits per heavy atom. The van der Waals surface area contributed by atoms with Crippen molar-refractivity contribution in [2.45, 2.75) is 64.5 Å². The van der Waals surface area contributed by atoms with Crippen molar-refractivity contribution in [1.82, 2.24) is 19.6 Å². The van der Waals surface area contributed by atoms with E-state index in [0.29, 0.717) is 37.8 Å². The molecule has 2 fully saturated rings. The molecule has 6 nitrogen and oxygen atoms in total. The van der Waals surface area contributed by atoms with Gasteiger partial charge in [-0.1, -0.05) is 13.8 Å². The number of aromatic nitrogens is 2. The lowest BCUT2D eigenvalue weighted by atomic mass is 9.92. The van der Waals surface area contributed by atoms with Crippen LogP contribution in [0.2, 0.25) is 0 Å². The number of amides is 1. The highest BCUT2D eigenvalue weighted by molar-refractivity contribution is 5.93. The van der Waals surface area contributed by atoms with E-state index in [-0.39, 0.29) is 5.91 Å². The molecule has 1 amide bonds. The fourth-order valence-electron chi connectivity index (χ4n) is 4.07. The fourth-order valence-corrected chi connectivity index (χ4v) is 4.07. The van der Waals surface area contributed by atoms with E-state index in [9.17, 15) is 9.90 Å². The smallest absolute Gasteiger partial charge is 0.272 e. The Bertz CT molecular complexity index is 607. The molecule has 2 aliphatic rings. The molecule has 0 saturated carbocycles. The van der Waals surface area contributed by atoms with Crippen molar-refractivity contribution < 1.29 is 9.90 Å². The van der Waals surface area contributed by atoms with E-state index in [1.807, 2.05) is 17.9 Å². The number of rotatable bonds is 5. The Kier molecular flexibility index (Phi) is 5.49. The Morgan fingerprint density at radius 1 is 1.28 bits per heavy atom. The predicted molar refractivity (Wildman–Crippen MR) is 97.8 cm³/mol. The van der Waals surface area contributed by atoms with E-state index in [0.717, 1.165) is 31.6 Å². The van der Waals surface area contributed by atoms with E-state index in [4.69, 9.17) is 0 Å². The summed E-state index contributed by atoms with van der Waals surface area (Å²) in [4.78, 5) is 17.2. The van der Waals surface area contributed by atoms with Crippen LogP contribution in [0.1, 0.15) is 68.6 Å². The molecule has 1 N–H and O–H groups in total. The van der Waals surface area contributed by atoms with Crippen LogP contribution in [0.4, 0.5) is 0 Å². The molecule has 140 valence electrons. The minimum absolute atomic E-state index is 0.000738. The highest BCUT2D eigenvalue weighted by Gasteiger charge is 2.38. The summed E-state index contributed by atoms with van der Waals surface area (Å²) in [6.45, 7) is 10.8. The third-order valence-electron chi connectivity index (χ3n) is 5.47. The standard InChI is InChI=1S/C19H32N4O2/c1-4-23-17(12-16(20-23)15(2)3)18(24)22-11-7-8-19(25,14-22)13-21-9-5-6-10-21/h12,15,25H,4-11,13-14H2,1-3H3. The zero-order valence-electron chi connectivity index (χ0n) is 15.9.